The maximum atomic E-state index is 12.5. The molecule has 7 nitrogen and oxygen atoms in total. The summed E-state index contributed by atoms with van der Waals surface area (Å²) in [5.41, 5.74) is 2.11. The predicted molar refractivity (Wildman–Crippen MR) is 132 cm³/mol. The van der Waals surface area contributed by atoms with Gasteiger partial charge in [0.1, 0.15) is 24.4 Å². The van der Waals surface area contributed by atoms with Crippen LogP contribution in [0.15, 0.2) is 65.3 Å². The molecule has 1 atom stereocenters. The molecule has 2 aromatic heterocycles. The topological polar surface area (TPSA) is 82.2 Å². The summed E-state index contributed by atoms with van der Waals surface area (Å²) in [6.07, 6.45) is 2.60. The van der Waals surface area contributed by atoms with Gasteiger partial charge in [-0.2, -0.15) is 0 Å². The number of rotatable bonds is 9. The Balaban J connectivity index is 1.31. The van der Waals surface area contributed by atoms with Crippen LogP contribution in [0.2, 0.25) is 10.0 Å². The van der Waals surface area contributed by atoms with Gasteiger partial charge in [0.25, 0.3) is 5.91 Å². The van der Waals surface area contributed by atoms with Gasteiger partial charge in [0.15, 0.2) is 5.76 Å². The van der Waals surface area contributed by atoms with Crippen LogP contribution in [-0.2, 0) is 13.2 Å². The molecule has 0 bridgehead atoms. The number of furan rings is 1. The molecule has 34 heavy (non-hydrogen) atoms. The van der Waals surface area contributed by atoms with Gasteiger partial charge in [0.05, 0.1) is 6.54 Å². The maximum Gasteiger partial charge on any atom is 0.293 e. The van der Waals surface area contributed by atoms with E-state index in [2.05, 4.69) is 41.4 Å². The number of nitrogens with one attached hydrogen (secondary N) is 1. The van der Waals surface area contributed by atoms with E-state index in [1.807, 2.05) is 18.2 Å². The van der Waals surface area contributed by atoms with Crippen molar-refractivity contribution < 1.29 is 13.9 Å². The van der Waals surface area contributed by atoms with Crippen molar-refractivity contribution in [3.63, 3.8) is 0 Å². The zero-order chi connectivity index (χ0) is 24.1. The van der Waals surface area contributed by atoms with E-state index in [1.165, 1.54) is 11.9 Å². The summed E-state index contributed by atoms with van der Waals surface area (Å²) >= 11 is 12.1. The van der Waals surface area contributed by atoms with Gasteiger partial charge in [-0.1, -0.05) is 55.2 Å². The van der Waals surface area contributed by atoms with Crippen LogP contribution in [-0.4, -0.2) is 20.7 Å². The predicted octanol–water partition coefficient (Wildman–Crippen LogP) is 6.57. The number of hydrogen-bond donors (Lipinski definition) is 1. The average molecular weight is 499 g/mol. The molecule has 2 aromatic carbocycles. The van der Waals surface area contributed by atoms with Gasteiger partial charge in [-0.15, -0.1) is 5.10 Å². The van der Waals surface area contributed by atoms with Crippen LogP contribution < -0.4 is 10.1 Å². The van der Waals surface area contributed by atoms with Gasteiger partial charge in [-0.25, -0.2) is 9.67 Å². The Labute approximate surface area is 207 Å². The second kappa shape index (κ2) is 10.8. The molecule has 4 rings (SSSR count). The van der Waals surface area contributed by atoms with E-state index >= 15 is 0 Å². The van der Waals surface area contributed by atoms with Gasteiger partial charge in [0.2, 0.25) is 5.95 Å². The first kappa shape index (κ1) is 23.9. The van der Waals surface area contributed by atoms with Crippen LogP contribution in [0.5, 0.6) is 5.75 Å². The molecule has 0 fully saturated rings. The Hall–Kier alpha value is -3.29. The summed E-state index contributed by atoms with van der Waals surface area (Å²) in [6, 6.07) is 16.5. The van der Waals surface area contributed by atoms with Crippen molar-refractivity contribution in [3.05, 3.63) is 93.6 Å². The van der Waals surface area contributed by atoms with E-state index in [4.69, 9.17) is 32.4 Å². The van der Waals surface area contributed by atoms with Crippen LogP contribution in [0.1, 0.15) is 53.6 Å². The molecule has 9 heteroatoms. The number of halogens is 2. The normalized spacial score (nSPS) is 11.9. The lowest BCUT2D eigenvalue weighted by Gasteiger charge is -2.10. The maximum absolute atomic E-state index is 12.5. The first-order valence-corrected chi connectivity index (χ1v) is 11.6. The second-order valence-electron chi connectivity index (χ2n) is 7.89. The Bertz CT molecular complexity index is 1270. The molecule has 0 aliphatic carbocycles. The number of hydrogen-bond acceptors (Lipinski definition) is 5. The third-order valence-electron chi connectivity index (χ3n) is 5.44. The van der Waals surface area contributed by atoms with Gasteiger partial charge in [0, 0.05) is 10.0 Å². The van der Waals surface area contributed by atoms with Crippen molar-refractivity contribution in [1.29, 1.82) is 0 Å². The van der Waals surface area contributed by atoms with E-state index in [0.29, 0.717) is 28.3 Å². The Kier molecular flexibility index (Phi) is 7.55. The fraction of sp³-hybridized carbons (Fsp3) is 0.240. The summed E-state index contributed by atoms with van der Waals surface area (Å²) in [7, 11) is 0. The van der Waals surface area contributed by atoms with Crippen molar-refractivity contribution >= 4 is 35.1 Å². The largest absolute Gasteiger partial charge is 0.486 e. The number of nitrogens with zero attached hydrogens (tertiary/aromatic N) is 3. The Morgan fingerprint density at radius 2 is 1.94 bits per heavy atom. The third-order valence-corrected chi connectivity index (χ3v) is 6.02. The fourth-order valence-corrected chi connectivity index (χ4v) is 3.74. The molecule has 1 N–H and O–H groups in total. The summed E-state index contributed by atoms with van der Waals surface area (Å²) in [4.78, 5) is 16.6. The van der Waals surface area contributed by atoms with Gasteiger partial charge in [-0.05, 0) is 59.9 Å². The monoisotopic (exact) mass is 498 g/mol. The van der Waals surface area contributed by atoms with Crippen LogP contribution in [0, 0.1) is 0 Å². The second-order valence-corrected chi connectivity index (χ2v) is 8.73. The number of anilines is 1. The molecule has 176 valence electrons. The van der Waals surface area contributed by atoms with E-state index in [0.717, 1.165) is 17.7 Å². The number of benzene rings is 2. The number of carbonyl (C=O) groups is 1. The summed E-state index contributed by atoms with van der Waals surface area (Å²) < 4.78 is 13.0. The van der Waals surface area contributed by atoms with Crippen LogP contribution in [0.3, 0.4) is 0 Å². The van der Waals surface area contributed by atoms with E-state index in [-0.39, 0.29) is 18.3 Å². The summed E-state index contributed by atoms with van der Waals surface area (Å²) in [5, 5.41) is 7.98. The summed E-state index contributed by atoms with van der Waals surface area (Å²) in [6.45, 7) is 4.96. The Morgan fingerprint density at radius 1 is 1.15 bits per heavy atom. The quantitative estimate of drug-likeness (QED) is 0.282. The molecule has 0 saturated carbocycles. The van der Waals surface area contributed by atoms with E-state index < -0.39 is 5.91 Å². The average Bonchev–Trinajstić information content (AvgIpc) is 3.49. The molecule has 0 saturated heterocycles. The van der Waals surface area contributed by atoms with E-state index in [9.17, 15) is 4.79 Å². The van der Waals surface area contributed by atoms with Crippen molar-refractivity contribution in [2.45, 2.75) is 39.3 Å². The zero-order valence-electron chi connectivity index (χ0n) is 18.8. The number of aromatic nitrogens is 3. The number of amides is 1. The van der Waals surface area contributed by atoms with Gasteiger partial charge >= 0.3 is 0 Å². The SMILES string of the molecule is CCC(C)c1ccc(OCc2ccc(C(=O)Nc3ncn(Cc4ccc(Cl)cc4Cl)n3)o2)cc1. The minimum absolute atomic E-state index is 0.141. The van der Waals surface area contributed by atoms with Gasteiger partial charge in [-0.3, -0.25) is 10.1 Å². The van der Waals surface area contributed by atoms with Gasteiger partial charge < -0.3 is 9.15 Å². The van der Waals surface area contributed by atoms with Crippen molar-refractivity contribution in [1.82, 2.24) is 14.8 Å². The molecule has 0 radical (unpaired) electrons. The smallest absolute Gasteiger partial charge is 0.293 e. The molecule has 4 aromatic rings. The standard InChI is InChI=1S/C25H24Cl2N4O3/c1-3-16(2)17-5-8-20(9-6-17)33-14-21-10-11-23(34-21)24(32)29-25-28-15-31(30-25)13-18-4-7-19(26)12-22(18)27/h4-12,15-16H,3,13-14H2,1-2H3,(H,29,30,32). The lowest BCUT2D eigenvalue weighted by Crippen LogP contribution is -2.12. The highest BCUT2D eigenvalue weighted by Gasteiger charge is 2.14. The summed E-state index contributed by atoms with van der Waals surface area (Å²) in [5.74, 6) is 1.63. The molecular weight excluding hydrogens is 475 g/mol. The zero-order valence-corrected chi connectivity index (χ0v) is 20.3. The minimum atomic E-state index is -0.452. The molecule has 1 unspecified atom stereocenters. The molecule has 2 heterocycles. The first-order chi connectivity index (χ1) is 16.4. The van der Waals surface area contributed by atoms with Crippen LogP contribution >= 0.6 is 23.2 Å². The number of ether oxygens (including phenoxy) is 1. The van der Waals surface area contributed by atoms with Crippen molar-refractivity contribution in [3.8, 4) is 5.75 Å². The highest BCUT2D eigenvalue weighted by atomic mass is 35.5. The molecule has 0 aliphatic rings. The highest BCUT2D eigenvalue weighted by molar-refractivity contribution is 6.35. The van der Waals surface area contributed by atoms with Crippen molar-refractivity contribution in [2.24, 2.45) is 0 Å². The number of carbonyl (C=O) groups excluding carboxylic acids is 1. The fourth-order valence-electron chi connectivity index (χ4n) is 3.28. The lowest BCUT2D eigenvalue weighted by atomic mass is 9.99. The Morgan fingerprint density at radius 3 is 2.68 bits per heavy atom. The molecule has 0 spiro atoms. The molecule has 1 amide bonds. The van der Waals surface area contributed by atoms with E-state index in [1.54, 1.807) is 28.9 Å². The molecular formula is C25H24Cl2N4O3. The molecule has 0 aliphatic heterocycles. The third kappa shape index (κ3) is 5.98. The van der Waals surface area contributed by atoms with Crippen LogP contribution in [0.4, 0.5) is 5.95 Å². The first-order valence-electron chi connectivity index (χ1n) is 10.9. The van der Waals surface area contributed by atoms with Crippen molar-refractivity contribution in [2.75, 3.05) is 5.32 Å². The highest BCUT2D eigenvalue weighted by Crippen LogP contribution is 2.23. The minimum Gasteiger partial charge on any atom is -0.486 e. The lowest BCUT2D eigenvalue weighted by molar-refractivity contribution is 0.0991. The van der Waals surface area contributed by atoms with Crippen LogP contribution in [0.25, 0.3) is 0 Å².